The Morgan fingerprint density at radius 3 is 2.95 bits per heavy atom. The van der Waals surface area contributed by atoms with Crippen LogP contribution in [0.2, 0.25) is 0 Å². The van der Waals surface area contributed by atoms with Crippen molar-refractivity contribution in [3.8, 4) is 6.07 Å². The smallest absolute Gasteiger partial charge is 0.311 e. The van der Waals surface area contributed by atoms with Gasteiger partial charge < -0.3 is 10.0 Å². The molecular formula is C14H15BrN2O2. The average Bonchev–Trinajstić information content (AvgIpc) is 2.38. The van der Waals surface area contributed by atoms with Crippen molar-refractivity contribution in [2.75, 3.05) is 18.0 Å². The number of nitriles is 1. The first kappa shape index (κ1) is 13.9. The summed E-state index contributed by atoms with van der Waals surface area (Å²) in [6, 6.07) is 7.74. The summed E-state index contributed by atoms with van der Waals surface area (Å²) in [6.45, 7) is 2.99. The molecule has 1 N–H and O–H groups in total. The number of halogens is 1. The summed E-state index contributed by atoms with van der Waals surface area (Å²) < 4.78 is 0.745. The van der Waals surface area contributed by atoms with E-state index in [4.69, 9.17) is 0 Å². The molecule has 1 heterocycles. The number of hydrogen-bond donors (Lipinski definition) is 1. The quantitative estimate of drug-likeness (QED) is 0.909. The molecule has 2 rings (SSSR count). The predicted octanol–water partition coefficient (Wildman–Crippen LogP) is 3.01. The van der Waals surface area contributed by atoms with Crippen LogP contribution in [-0.2, 0) is 4.79 Å². The third-order valence-corrected chi connectivity index (χ3v) is 4.32. The minimum absolute atomic E-state index is 0.438. The normalized spacial score (nSPS) is 22.9. The number of nitrogens with zero attached hydrogens (tertiary/aromatic N) is 2. The topological polar surface area (TPSA) is 64.3 Å². The molecule has 5 heteroatoms. The zero-order valence-electron chi connectivity index (χ0n) is 10.7. The summed E-state index contributed by atoms with van der Waals surface area (Å²) in [4.78, 5) is 13.4. The zero-order chi connectivity index (χ0) is 14.0. The van der Waals surface area contributed by atoms with Crippen LogP contribution in [0, 0.1) is 16.7 Å². The van der Waals surface area contributed by atoms with Gasteiger partial charge in [0.25, 0.3) is 0 Å². The molecule has 0 saturated carbocycles. The van der Waals surface area contributed by atoms with Gasteiger partial charge in [-0.15, -0.1) is 0 Å². The van der Waals surface area contributed by atoms with Crippen LogP contribution in [0.15, 0.2) is 22.7 Å². The van der Waals surface area contributed by atoms with E-state index in [1.54, 1.807) is 6.92 Å². The second-order valence-electron chi connectivity index (χ2n) is 5.14. The lowest BCUT2D eigenvalue weighted by molar-refractivity contribution is -0.148. The van der Waals surface area contributed by atoms with Gasteiger partial charge in [-0.1, -0.05) is 6.07 Å². The molecule has 1 saturated heterocycles. The molecule has 1 aliphatic heterocycles. The van der Waals surface area contributed by atoms with Gasteiger partial charge in [0.1, 0.15) is 6.07 Å². The fourth-order valence-electron chi connectivity index (χ4n) is 2.51. The Balaban J connectivity index is 2.36. The summed E-state index contributed by atoms with van der Waals surface area (Å²) in [5.74, 6) is -0.772. The van der Waals surface area contributed by atoms with E-state index in [9.17, 15) is 15.2 Å². The number of anilines is 1. The highest BCUT2D eigenvalue weighted by atomic mass is 79.9. The minimum atomic E-state index is -0.772. The van der Waals surface area contributed by atoms with Gasteiger partial charge >= 0.3 is 5.97 Å². The molecule has 0 aliphatic carbocycles. The Morgan fingerprint density at radius 1 is 1.58 bits per heavy atom. The maximum atomic E-state index is 11.4. The second kappa shape index (κ2) is 5.22. The molecule has 1 aromatic rings. The number of carboxylic acid groups (broad SMARTS) is 1. The van der Waals surface area contributed by atoms with Gasteiger partial charge in [0.05, 0.1) is 16.7 Å². The highest BCUT2D eigenvalue weighted by molar-refractivity contribution is 9.10. The summed E-state index contributed by atoms with van der Waals surface area (Å²) in [5, 5.41) is 18.6. The number of carbonyl (C=O) groups is 1. The molecule has 1 unspecified atom stereocenters. The van der Waals surface area contributed by atoms with Crippen LogP contribution < -0.4 is 4.90 Å². The van der Waals surface area contributed by atoms with Crippen molar-refractivity contribution in [1.29, 1.82) is 5.26 Å². The standard InChI is InChI=1S/C14H15BrN2O2/c1-14(13(18)19)6-3-7-17(9-14)12-5-2-4-11(15)10(12)8-16/h2,4-5H,3,6-7,9H2,1H3,(H,18,19). The van der Waals surface area contributed by atoms with Crippen LogP contribution in [0.4, 0.5) is 5.69 Å². The fourth-order valence-corrected chi connectivity index (χ4v) is 2.95. The van der Waals surface area contributed by atoms with E-state index in [0.29, 0.717) is 18.5 Å². The number of benzene rings is 1. The van der Waals surface area contributed by atoms with Crippen molar-refractivity contribution < 1.29 is 9.90 Å². The summed E-state index contributed by atoms with van der Waals surface area (Å²) >= 11 is 3.37. The maximum Gasteiger partial charge on any atom is 0.311 e. The fraction of sp³-hybridized carbons (Fsp3) is 0.429. The van der Waals surface area contributed by atoms with Crippen LogP contribution >= 0.6 is 15.9 Å². The maximum absolute atomic E-state index is 11.4. The Labute approximate surface area is 120 Å². The lowest BCUT2D eigenvalue weighted by Gasteiger charge is -2.39. The minimum Gasteiger partial charge on any atom is -0.481 e. The molecular weight excluding hydrogens is 308 g/mol. The van der Waals surface area contributed by atoms with Crippen molar-refractivity contribution in [1.82, 2.24) is 0 Å². The van der Waals surface area contributed by atoms with E-state index in [0.717, 1.165) is 23.1 Å². The van der Waals surface area contributed by atoms with Crippen LogP contribution in [0.3, 0.4) is 0 Å². The number of rotatable bonds is 2. The van der Waals surface area contributed by atoms with Crippen LogP contribution in [0.5, 0.6) is 0 Å². The first-order chi connectivity index (χ1) is 8.98. The first-order valence-electron chi connectivity index (χ1n) is 6.15. The average molecular weight is 323 g/mol. The number of carboxylic acids is 1. The zero-order valence-corrected chi connectivity index (χ0v) is 12.3. The van der Waals surface area contributed by atoms with Gasteiger partial charge in [-0.3, -0.25) is 4.79 Å². The lowest BCUT2D eigenvalue weighted by Crippen LogP contribution is -2.46. The first-order valence-corrected chi connectivity index (χ1v) is 6.94. The molecule has 19 heavy (non-hydrogen) atoms. The van der Waals surface area contributed by atoms with Gasteiger partial charge in [0, 0.05) is 17.6 Å². The molecule has 0 radical (unpaired) electrons. The molecule has 0 spiro atoms. The molecule has 0 aromatic heterocycles. The molecule has 4 nitrogen and oxygen atoms in total. The van der Waals surface area contributed by atoms with Crippen LogP contribution in [-0.4, -0.2) is 24.2 Å². The molecule has 1 aliphatic rings. The lowest BCUT2D eigenvalue weighted by atomic mass is 9.81. The van der Waals surface area contributed by atoms with Gasteiger partial charge in [-0.25, -0.2) is 0 Å². The summed E-state index contributed by atoms with van der Waals surface area (Å²) in [5.41, 5.74) is 0.633. The summed E-state index contributed by atoms with van der Waals surface area (Å²) in [7, 11) is 0. The van der Waals surface area contributed by atoms with Crippen molar-refractivity contribution >= 4 is 27.6 Å². The Bertz CT molecular complexity index is 553. The Hall–Kier alpha value is -1.54. The molecule has 1 fully saturated rings. The van der Waals surface area contributed by atoms with Crippen LogP contribution in [0.1, 0.15) is 25.3 Å². The third kappa shape index (κ3) is 2.59. The van der Waals surface area contributed by atoms with Crippen molar-refractivity contribution in [3.63, 3.8) is 0 Å². The molecule has 0 bridgehead atoms. The van der Waals surface area contributed by atoms with E-state index < -0.39 is 11.4 Å². The van der Waals surface area contributed by atoms with Crippen molar-refractivity contribution in [2.24, 2.45) is 5.41 Å². The van der Waals surface area contributed by atoms with E-state index in [2.05, 4.69) is 22.0 Å². The number of hydrogen-bond acceptors (Lipinski definition) is 3. The van der Waals surface area contributed by atoms with E-state index in [-0.39, 0.29) is 0 Å². The van der Waals surface area contributed by atoms with Crippen LogP contribution in [0.25, 0.3) is 0 Å². The highest BCUT2D eigenvalue weighted by Gasteiger charge is 2.38. The number of aliphatic carboxylic acids is 1. The monoisotopic (exact) mass is 322 g/mol. The van der Waals surface area contributed by atoms with Gasteiger partial charge in [-0.2, -0.15) is 5.26 Å². The second-order valence-corrected chi connectivity index (χ2v) is 5.99. The van der Waals surface area contributed by atoms with E-state index >= 15 is 0 Å². The molecule has 100 valence electrons. The van der Waals surface area contributed by atoms with E-state index in [1.807, 2.05) is 23.1 Å². The highest BCUT2D eigenvalue weighted by Crippen LogP contribution is 2.35. The largest absolute Gasteiger partial charge is 0.481 e. The van der Waals surface area contributed by atoms with Crippen molar-refractivity contribution in [3.05, 3.63) is 28.2 Å². The van der Waals surface area contributed by atoms with E-state index in [1.165, 1.54) is 0 Å². The molecule has 1 aromatic carbocycles. The molecule has 0 amide bonds. The Kier molecular flexibility index (Phi) is 3.81. The van der Waals surface area contributed by atoms with Crippen molar-refractivity contribution in [2.45, 2.75) is 19.8 Å². The van der Waals surface area contributed by atoms with Gasteiger partial charge in [0.2, 0.25) is 0 Å². The number of piperidine rings is 1. The summed E-state index contributed by atoms with van der Waals surface area (Å²) in [6.07, 6.45) is 1.49. The van der Waals surface area contributed by atoms with Gasteiger partial charge in [-0.05, 0) is 47.8 Å². The third-order valence-electron chi connectivity index (χ3n) is 3.66. The molecule has 1 atom stereocenters. The van der Waals surface area contributed by atoms with Gasteiger partial charge in [0.15, 0.2) is 0 Å². The predicted molar refractivity (Wildman–Crippen MR) is 76.0 cm³/mol. The Morgan fingerprint density at radius 2 is 2.32 bits per heavy atom. The SMILES string of the molecule is CC1(C(=O)O)CCCN(c2cccc(Br)c2C#N)C1.